The van der Waals surface area contributed by atoms with Gasteiger partial charge in [-0.3, -0.25) is 4.79 Å². The third kappa shape index (κ3) is 3.14. The zero-order valence-electron chi connectivity index (χ0n) is 10.6. The number of hydrogen-bond acceptors (Lipinski definition) is 3. The number of nitrogen functional groups attached to an aromatic ring is 1. The Morgan fingerprint density at radius 2 is 1.67 bits per heavy atom. The van der Waals surface area contributed by atoms with E-state index in [0.29, 0.717) is 0 Å². The van der Waals surface area contributed by atoms with E-state index >= 15 is 0 Å². The minimum atomic E-state index is -1.15. The molecule has 0 spiro atoms. The van der Waals surface area contributed by atoms with E-state index in [9.17, 15) is 18.4 Å². The average Bonchev–Trinajstić information content (AvgIpc) is 2.43. The third-order valence-electron chi connectivity index (χ3n) is 2.73. The van der Waals surface area contributed by atoms with Crippen LogP contribution < -0.4 is 11.1 Å². The van der Waals surface area contributed by atoms with Crippen molar-refractivity contribution in [2.75, 3.05) is 11.1 Å². The van der Waals surface area contributed by atoms with E-state index in [2.05, 4.69) is 5.32 Å². The summed E-state index contributed by atoms with van der Waals surface area (Å²) in [5, 5.41) is 11.2. The fourth-order valence-electron chi connectivity index (χ4n) is 1.64. The van der Waals surface area contributed by atoms with Gasteiger partial charge in [0.1, 0.15) is 0 Å². The van der Waals surface area contributed by atoms with E-state index in [0.717, 1.165) is 18.2 Å². The third-order valence-corrected chi connectivity index (χ3v) is 2.73. The summed E-state index contributed by atoms with van der Waals surface area (Å²) in [6.07, 6.45) is 0. The number of anilines is 2. The van der Waals surface area contributed by atoms with Crippen LogP contribution in [0.2, 0.25) is 0 Å². The van der Waals surface area contributed by atoms with Crippen molar-refractivity contribution < 1.29 is 23.5 Å². The van der Waals surface area contributed by atoms with Gasteiger partial charge < -0.3 is 16.2 Å². The second kappa shape index (κ2) is 5.58. The van der Waals surface area contributed by atoms with Gasteiger partial charge in [0.15, 0.2) is 11.6 Å². The molecule has 1 amide bonds. The highest BCUT2D eigenvalue weighted by Crippen LogP contribution is 2.21. The molecule has 0 aliphatic rings. The van der Waals surface area contributed by atoms with Gasteiger partial charge in [-0.25, -0.2) is 13.6 Å². The summed E-state index contributed by atoms with van der Waals surface area (Å²) in [7, 11) is 0. The summed E-state index contributed by atoms with van der Waals surface area (Å²) >= 11 is 0. The molecule has 4 N–H and O–H groups in total. The highest BCUT2D eigenvalue weighted by molar-refractivity contribution is 6.06. The SMILES string of the molecule is Nc1cc(C(=O)O)ccc1NC(=O)c1ccc(F)c(F)c1. The topological polar surface area (TPSA) is 92.4 Å². The fourth-order valence-corrected chi connectivity index (χ4v) is 1.64. The molecule has 0 atom stereocenters. The number of rotatable bonds is 3. The summed E-state index contributed by atoms with van der Waals surface area (Å²) in [6.45, 7) is 0. The Bertz CT molecular complexity index is 732. The zero-order chi connectivity index (χ0) is 15.6. The molecule has 0 bridgehead atoms. The lowest BCUT2D eigenvalue weighted by Crippen LogP contribution is -2.14. The number of carboxylic acid groups (broad SMARTS) is 1. The Balaban J connectivity index is 2.23. The molecule has 5 nitrogen and oxygen atoms in total. The van der Waals surface area contributed by atoms with Crippen LogP contribution in [0.15, 0.2) is 36.4 Å². The van der Waals surface area contributed by atoms with Crippen LogP contribution in [0.4, 0.5) is 20.2 Å². The van der Waals surface area contributed by atoms with E-state index < -0.39 is 23.5 Å². The highest BCUT2D eigenvalue weighted by Gasteiger charge is 2.12. The molecule has 108 valence electrons. The first kappa shape index (κ1) is 14.4. The number of carbonyl (C=O) groups is 2. The number of nitrogens with two attached hydrogens (primary N) is 1. The lowest BCUT2D eigenvalue weighted by molar-refractivity contribution is 0.0697. The van der Waals surface area contributed by atoms with E-state index in [-0.39, 0.29) is 22.5 Å². The minimum absolute atomic E-state index is 0.0293. The summed E-state index contributed by atoms with van der Waals surface area (Å²) in [4.78, 5) is 22.6. The van der Waals surface area contributed by atoms with Crippen molar-refractivity contribution >= 4 is 23.3 Å². The molecule has 7 heteroatoms. The van der Waals surface area contributed by atoms with Gasteiger partial charge in [0.25, 0.3) is 5.91 Å². The van der Waals surface area contributed by atoms with Crippen molar-refractivity contribution in [2.24, 2.45) is 0 Å². The Labute approximate surface area is 118 Å². The van der Waals surface area contributed by atoms with E-state index in [1.807, 2.05) is 0 Å². The first-order valence-electron chi connectivity index (χ1n) is 5.77. The lowest BCUT2D eigenvalue weighted by atomic mass is 10.1. The molecule has 2 rings (SSSR count). The van der Waals surface area contributed by atoms with Crippen molar-refractivity contribution in [1.82, 2.24) is 0 Å². The van der Waals surface area contributed by atoms with E-state index in [4.69, 9.17) is 10.8 Å². The molecular weight excluding hydrogens is 282 g/mol. The average molecular weight is 292 g/mol. The van der Waals surface area contributed by atoms with Gasteiger partial charge in [0.05, 0.1) is 16.9 Å². The molecule has 0 fully saturated rings. The van der Waals surface area contributed by atoms with Gasteiger partial charge >= 0.3 is 5.97 Å². The number of aromatic carboxylic acids is 1. The summed E-state index contributed by atoms with van der Waals surface area (Å²) < 4.78 is 25.8. The van der Waals surface area contributed by atoms with Gasteiger partial charge in [0, 0.05) is 5.56 Å². The number of benzene rings is 2. The maximum absolute atomic E-state index is 13.1. The van der Waals surface area contributed by atoms with Crippen LogP contribution in [-0.4, -0.2) is 17.0 Å². The van der Waals surface area contributed by atoms with Gasteiger partial charge in [-0.05, 0) is 36.4 Å². The summed E-state index contributed by atoms with van der Waals surface area (Å²) in [6, 6.07) is 6.47. The van der Waals surface area contributed by atoms with Crippen molar-refractivity contribution in [3.63, 3.8) is 0 Å². The maximum atomic E-state index is 13.1. The lowest BCUT2D eigenvalue weighted by Gasteiger charge is -2.09. The van der Waals surface area contributed by atoms with E-state index in [1.54, 1.807) is 0 Å². The number of nitrogens with one attached hydrogen (secondary N) is 1. The molecule has 0 radical (unpaired) electrons. The predicted octanol–water partition coefficient (Wildman–Crippen LogP) is 2.50. The smallest absolute Gasteiger partial charge is 0.335 e. The predicted molar refractivity (Wildman–Crippen MR) is 72.1 cm³/mol. The second-order valence-corrected chi connectivity index (χ2v) is 4.19. The monoisotopic (exact) mass is 292 g/mol. The molecule has 0 aliphatic heterocycles. The number of carboxylic acids is 1. The first-order valence-corrected chi connectivity index (χ1v) is 5.77. The van der Waals surface area contributed by atoms with Crippen molar-refractivity contribution in [3.05, 3.63) is 59.2 Å². The largest absolute Gasteiger partial charge is 0.478 e. The van der Waals surface area contributed by atoms with E-state index in [1.165, 1.54) is 18.2 Å². The molecule has 21 heavy (non-hydrogen) atoms. The number of carbonyl (C=O) groups excluding carboxylic acids is 1. The summed E-state index contributed by atoms with van der Waals surface area (Å²) in [5.74, 6) is -4.04. The molecule has 0 saturated heterocycles. The van der Waals surface area contributed by atoms with Crippen LogP contribution in [0.3, 0.4) is 0 Å². The molecule has 0 unspecified atom stereocenters. The van der Waals surface area contributed by atoms with Gasteiger partial charge in [-0.2, -0.15) is 0 Å². The zero-order valence-corrected chi connectivity index (χ0v) is 10.6. The Morgan fingerprint density at radius 3 is 2.24 bits per heavy atom. The van der Waals surface area contributed by atoms with Crippen LogP contribution in [-0.2, 0) is 0 Å². The Kier molecular flexibility index (Phi) is 3.84. The first-order chi connectivity index (χ1) is 9.88. The Morgan fingerprint density at radius 1 is 1.00 bits per heavy atom. The van der Waals surface area contributed by atoms with Crippen molar-refractivity contribution in [3.8, 4) is 0 Å². The second-order valence-electron chi connectivity index (χ2n) is 4.19. The number of halogens is 2. The van der Waals surface area contributed by atoms with Crippen LogP contribution in [0, 0.1) is 11.6 Å². The Hall–Kier alpha value is -2.96. The number of amides is 1. The summed E-state index contributed by atoms with van der Waals surface area (Å²) in [5.41, 5.74) is 5.73. The molecule has 2 aromatic carbocycles. The maximum Gasteiger partial charge on any atom is 0.335 e. The molecule has 0 aromatic heterocycles. The van der Waals surface area contributed by atoms with Gasteiger partial charge in [0.2, 0.25) is 0 Å². The normalized spacial score (nSPS) is 10.2. The van der Waals surface area contributed by atoms with Crippen LogP contribution >= 0.6 is 0 Å². The number of hydrogen-bond donors (Lipinski definition) is 3. The molecular formula is C14H10F2N2O3. The fraction of sp³-hybridized carbons (Fsp3) is 0. The standard InChI is InChI=1S/C14H10F2N2O3/c15-9-3-1-7(5-10(9)16)13(19)18-12-4-2-8(14(20)21)6-11(12)17/h1-6H,17H2,(H,18,19)(H,20,21). The van der Waals surface area contributed by atoms with Gasteiger partial charge in [-0.15, -0.1) is 0 Å². The van der Waals surface area contributed by atoms with Crippen LogP contribution in [0.25, 0.3) is 0 Å². The highest BCUT2D eigenvalue weighted by atomic mass is 19.2. The molecule has 0 saturated carbocycles. The molecule has 0 heterocycles. The molecule has 2 aromatic rings. The minimum Gasteiger partial charge on any atom is -0.478 e. The quantitative estimate of drug-likeness (QED) is 0.758. The molecule has 0 aliphatic carbocycles. The van der Waals surface area contributed by atoms with Crippen molar-refractivity contribution in [2.45, 2.75) is 0 Å². The van der Waals surface area contributed by atoms with Crippen LogP contribution in [0.5, 0.6) is 0 Å². The van der Waals surface area contributed by atoms with Crippen LogP contribution in [0.1, 0.15) is 20.7 Å². The van der Waals surface area contributed by atoms with Crippen molar-refractivity contribution in [1.29, 1.82) is 0 Å². The van der Waals surface area contributed by atoms with Gasteiger partial charge in [-0.1, -0.05) is 0 Å².